The minimum absolute atomic E-state index is 0.221. The van der Waals surface area contributed by atoms with Crippen LogP contribution in [0, 0.1) is 0 Å². The number of hydrogen-bond donors (Lipinski definition) is 0. The highest BCUT2D eigenvalue weighted by Crippen LogP contribution is 2.25. The zero-order valence-electron chi connectivity index (χ0n) is 5.52. The van der Waals surface area contributed by atoms with Gasteiger partial charge in [-0.3, -0.25) is 0 Å². The van der Waals surface area contributed by atoms with Gasteiger partial charge in [0.25, 0.3) is 0 Å². The molecule has 2 nitrogen and oxygen atoms in total. The van der Waals surface area contributed by atoms with E-state index < -0.39 is 0 Å². The minimum atomic E-state index is 0.221. The molecule has 0 aromatic carbocycles. The van der Waals surface area contributed by atoms with Crippen molar-refractivity contribution in [1.29, 1.82) is 0 Å². The fourth-order valence-electron chi connectivity index (χ4n) is 0.664. The predicted octanol–water partition coefficient (Wildman–Crippen LogP) is 3.03. The lowest BCUT2D eigenvalue weighted by atomic mass is 10.6. The summed E-state index contributed by atoms with van der Waals surface area (Å²) in [7, 11) is 0. The number of rotatable bonds is 2. The maximum Gasteiger partial charge on any atom is 0.205 e. The molecule has 0 bridgehead atoms. The van der Waals surface area contributed by atoms with Gasteiger partial charge in [-0.05, 0) is 11.6 Å². The van der Waals surface area contributed by atoms with E-state index in [0.29, 0.717) is 11.7 Å². The molecule has 1 aromatic heterocycles. The molecule has 1 heterocycles. The van der Waals surface area contributed by atoms with Crippen LogP contribution < -0.4 is 0 Å². The summed E-state index contributed by atoms with van der Waals surface area (Å²) in [5, 5.41) is 0.843. The van der Waals surface area contributed by atoms with E-state index in [1.165, 1.54) is 0 Å². The first-order valence-corrected chi connectivity index (χ1v) is 3.98. The normalized spacial score (nSPS) is 10.1. The first-order valence-electron chi connectivity index (χ1n) is 2.84. The Kier molecular flexibility index (Phi) is 2.82. The van der Waals surface area contributed by atoms with Gasteiger partial charge in [-0.2, -0.15) is 0 Å². The summed E-state index contributed by atoms with van der Waals surface area (Å²) in [6.07, 6.45) is 1.66. The van der Waals surface area contributed by atoms with Crippen molar-refractivity contribution in [2.24, 2.45) is 0 Å². The van der Waals surface area contributed by atoms with Crippen molar-refractivity contribution in [3.8, 4) is 0 Å². The Balaban J connectivity index is 3.11. The third-order valence-corrected chi connectivity index (χ3v) is 2.16. The molecule has 0 radical (unpaired) electrons. The molecule has 1 rings (SSSR count). The fourth-order valence-corrected chi connectivity index (χ4v) is 1.36. The lowest BCUT2D eigenvalue weighted by Crippen LogP contribution is -1.94. The van der Waals surface area contributed by atoms with Crippen LogP contribution in [0.5, 0.6) is 0 Å². The molecular weight excluding hydrogens is 206 g/mol. The Morgan fingerprint density at radius 3 is 2.45 bits per heavy atom. The molecule has 0 unspecified atom stereocenters. The van der Waals surface area contributed by atoms with Gasteiger partial charge in [-0.25, -0.2) is 4.98 Å². The summed E-state index contributed by atoms with van der Waals surface area (Å²) in [6.45, 7) is 4.05. The number of hydrogen-bond acceptors (Lipinski definition) is 1. The van der Waals surface area contributed by atoms with Crippen LogP contribution in [0.3, 0.4) is 0 Å². The van der Waals surface area contributed by atoms with Crippen LogP contribution in [0.1, 0.15) is 0 Å². The van der Waals surface area contributed by atoms with Gasteiger partial charge in [-0.1, -0.05) is 29.3 Å². The van der Waals surface area contributed by atoms with E-state index >= 15 is 0 Å². The van der Waals surface area contributed by atoms with Crippen LogP contribution in [-0.2, 0) is 6.54 Å². The van der Waals surface area contributed by atoms with Crippen LogP contribution in [0.25, 0.3) is 0 Å². The zero-order valence-corrected chi connectivity index (χ0v) is 7.79. The third kappa shape index (κ3) is 1.70. The maximum absolute atomic E-state index is 5.73. The monoisotopic (exact) mass is 210 g/mol. The summed E-state index contributed by atoms with van der Waals surface area (Å²) < 4.78 is 1.55. The lowest BCUT2D eigenvalue weighted by Gasteiger charge is -1.98. The van der Waals surface area contributed by atoms with E-state index in [4.69, 9.17) is 34.8 Å². The van der Waals surface area contributed by atoms with Crippen LogP contribution in [0.15, 0.2) is 12.7 Å². The van der Waals surface area contributed by atoms with Crippen molar-refractivity contribution in [1.82, 2.24) is 9.55 Å². The second-order valence-corrected chi connectivity index (χ2v) is 2.92. The third-order valence-electron chi connectivity index (χ3n) is 1.13. The molecule has 5 heteroatoms. The lowest BCUT2D eigenvalue weighted by molar-refractivity contribution is 0.824. The van der Waals surface area contributed by atoms with E-state index in [-0.39, 0.29) is 10.4 Å². The predicted molar refractivity (Wildman–Crippen MR) is 47.5 cm³/mol. The van der Waals surface area contributed by atoms with Gasteiger partial charge < -0.3 is 4.57 Å². The van der Waals surface area contributed by atoms with Gasteiger partial charge in [0, 0.05) is 6.54 Å². The zero-order chi connectivity index (χ0) is 8.43. The highest BCUT2D eigenvalue weighted by molar-refractivity contribution is 6.41. The Hall–Kier alpha value is -0.180. The van der Waals surface area contributed by atoms with Gasteiger partial charge in [0.05, 0.1) is 0 Å². The molecular formula is C6H5Cl3N2. The minimum Gasteiger partial charge on any atom is -0.301 e. The Morgan fingerprint density at radius 2 is 2.09 bits per heavy atom. The number of imidazole rings is 1. The highest BCUT2D eigenvalue weighted by atomic mass is 35.5. The molecule has 0 aliphatic heterocycles. The molecule has 0 amide bonds. The maximum atomic E-state index is 5.73. The summed E-state index contributed by atoms with van der Waals surface area (Å²) in [5.74, 6) is 0. The molecule has 0 atom stereocenters. The van der Waals surface area contributed by atoms with Crippen molar-refractivity contribution in [2.45, 2.75) is 6.54 Å². The van der Waals surface area contributed by atoms with Gasteiger partial charge in [0.1, 0.15) is 5.15 Å². The second kappa shape index (κ2) is 3.48. The van der Waals surface area contributed by atoms with Gasteiger partial charge in [0.15, 0.2) is 5.15 Å². The number of aromatic nitrogens is 2. The molecule has 11 heavy (non-hydrogen) atoms. The Bertz CT molecular complexity index is 280. The molecule has 0 saturated heterocycles. The van der Waals surface area contributed by atoms with E-state index in [9.17, 15) is 0 Å². The van der Waals surface area contributed by atoms with Crippen molar-refractivity contribution < 1.29 is 0 Å². The Morgan fingerprint density at radius 1 is 1.45 bits per heavy atom. The topological polar surface area (TPSA) is 17.8 Å². The summed E-state index contributed by atoms with van der Waals surface area (Å²) in [4.78, 5) is 3.74. The largest absolute Gasteiger partial charge is 0.301 e. The molecule has 0 saturated carbocycles. The van der Waals surface area contributed by atoms with Crippen molar-refractivity contribution in [3.05, 3.63) is 28.2 Å². The number of halogens is 3. The first-order chi connectivity index (χ1) is 5.16. The molecule has 1 aromatic rings. The molecule has 0 spiro atoms. The van der Waals surface area contributed by atoms with E-state index in [2.05, 4.69) is 11.6 Å². The SMILES string of the molecule is C=CCn1c(Cl)nc(Cl)c1Cl. The Labute approximate surface area is 79.4 Å². The molecule has 0 fully saturated rings. The quantitative estimate of drug-likeness (QED) is 0.688. The van der Waals surface area contributed by atoms with Crippen molar-refractivity contribution in [2.75, 3.05) is 0 Å². The van der Waals surface area contributed by atoms with Crippen LogP contribution in [-0.4, -0.2) is 9.55 Å². The van der Waals surface area contributed by atoms with E-state index in [1.807, 2.05) is 0 Å². The molecule has 0 aliphatic rings. The highest BCUT2D eigenvalue weighted by Gasteiger charge is 2.09. The van der Waals surface area contributed by atoms with Crippen molar-refractivity contribution in [3.63, 3.8) is 0 Å². The number of allylic oxidation sites excluding steroid dienone is 1. The fraction of sp³-hybridized carbons (Fsp3) is 0.167. The summed E-state index contributed by atoms with van der Waals surface area (Å²) in [5.41, 5.74) is 0. The van der Waals surface area contributed by atoms with Crippen LogP contribution in [0.2, 0.25) is 15.6 Å². The smallest absolute Gasteiger partial charge is 0.205 e. The molecule has 0 N–H and O–H groups in total. The summed E-state index contributed by atoms with van der Waals surface area (Å²) >= 11 is 17.0. The average Bonchev–Trinajstić information content (AvgIpc) is 2.17. The van der Waals surface area contributed by atoms with Crippen LogP contribution >= 0.6 is 34.8 Å². The van der Waals surface area contributed by atoms with Gasteiger partial charge >= 0.3 is 0 Å². The first kappa shape index (κ1) is 8.91. The standard InChI is InChI=1S/C6H5Cl3N2/c1-2-3-11-5(8)4(7)10-6(11)9/h2H,1,3H2. The van der Waals surface area contributed by atoms with Crippen molar-refractivity contribution >= 4 is 34.8 Å². The van der Waals surface area contributed by atoms with E-state index in [1.54, 1.807) is 10.6 Å². The van der Waals surface area contributed by atoms with Gasteiger partial charge in [-0.15, -0.1) is 6.58 Å². The molecule has 60 valence electrons. The second-order valence-electron chi connectivity index (χ2n) is 1.86. The number of nitrogens with zero attached hydrogens (tertiary/aromatic N) is 2. The summed E-state index contributed by atoms with van der Waals surface area (Å²) in [6, 6.07) is 0. The molecule has 0 aliphatic carbocycles. The van der Waals surface area contributed by atoms with E-state index in [0.717, 1.165) is 0 Å². The van der Waals surface area contributed by atoms with Gasteiger partial charge in [0.2, 0.25) is 5.28 Å². The van der Waals surface area contributed by atoms with Crippen LogP contribution in [0.4, 0.5) is 0 Å². The average molecular weight is 211 g/mol.